The molecular formula is C16H21NO3. The van der Waals surface area contributed by atoms with Crippen molar-refractivity contribution in [2.75, 3.05) is 19.7 Å². The van der Waals surface area contributed by atoms with E-state index < -0.39 is 0 Å². The third kappa shape index (κ3) is 3.90. The number of piperidine rings is 1. The van der Waals surface area contributed by atoms with Gasteiger partial charge in [-0.2, -0.15) is 0 Å². The van der Waals surface area contributed by atoms with Gasteiger partial charge in [0.25, 0.3) is 0 Å². The topological polar surface area (TPSA) is 46.6 Å². The molecule has 20 heavy (non-hydrogen) atoms. The van der Waals surface area contributed by atoms with Crippen molar-refractivity contribution >= 4 is 12.3 Å². The summed E-state index contributed by atoms with van der Waals surface area (Å²) in [5.74, 6) is -0.100. The van der Waals surface area contributed by atoms with E-state index >= 15 is 0 Å². The quantitative estimate of drug-likeness (QED) is 0.611. The van der Waals surface area contributed by atoms with Crippen LogP contribution in [0.4, 0.5) is 0 Å². The number of aldehydes is 1. The molecule has 0 N–H and O–H groups in total. The minimum absolute atomic E-state index is 0.0158. The predicted octanol–water partition coefficient (Wildman–Crippen LogP) is 2.27. The molecule has 0 saturated carbocycles. The van der Waals surface area contributed by atoms with Gasteiger partial charge < -0.3 is 4.74 Å². The third-order valence-electron chi connectivity index (χ3n) is 3.62. The molecule has 1 atom stereocenters. The second kappa shape index (κ2) is 7.20. The number of carbonyl (C=O) groups excluding carboxylic acids is 2. The van der Waals surface area contributed by atoms with Crippen LogP contribution in [0.15, 0.2) is 24.3 Å². The molecule has 1 saturated heterocycles. The molecule has 0 bridgehead atoms. The molecule has 1 heterocycles. The Labute approximate surface area is 119 Å². The first-order valence-corrected chi connectivity index (χ1v) is 7.16. The van der Waals surface area contributed by atoms with Crippen molar-refractivity contribution in [1.29, 1.82) is 0 Å². The van der Waals surface area contributed by atoms with E-state index in [1.807, 2.05) is 25.1 Å². The summed E-state index contributed by atoms with van der Waals surface area (Å²) in [6, 6.07) is 7.61. The van der Waals surface area contributed by atoms with Crippen LogP contribution in [0.3, 0.4) is 0 Å². The van der Waals surface area contributed by atoms with Gasteiger partial charge in [0.05, 0.1) is 12.5 Å². The summed E-state index contributed by atoms with van der Waals surface area (Å²) in [7, 11) is 0. The van der Waals surface area contributed by atoms with Crippen LogP contribution in [0.2, 0.25) is 0 Å². The number of carbonyl (C=O) groups is 2. The molecule has 4 heteroatoms. The number of esters is 1. The standard InChI is InChI=1S/C16H21NO3/c1-2-20-16(19)15-7-4-8-17(11-15)10-13-5-3-6-14(9-13)12-18/h3,5-6,9,12,15H,2,4,7-8,10-11H2,1H3. The van der Waals surface area contributed by atoms with Gasteiger partial charge in [-0.1, -0.05) is 18.2 Å². The summed E-state index contributed by atoms with van der Waals surface area (Å²) in [6.45, 7) is 4.78. The normalized spacial score (nSPS) is 19.6. The summed E-state index contributed by atoms with van der Waals surface area (Å²) in [5.41, 5.74) is 1.81. The number of hydrogen-bond donors (Lipinski definition) is 0. The van der Waals surface area contributed by atoms with Crippen LogP contribution >= 0.6 is 0 Å². The Morgan fingerprint density at radius 3 is 3.10 bits per heavy atom. The van der Waals surface area contributed by atoms with E-state index in [0.717, 1.165) is 44.3 Å². The van der Waals surface area contributed by atoms with Gasteiger partial charge in [-0.25, -0.2) is 0 Å². The summed E-state index contributed by atoms with van der Waals surface area (Å²) in [4.78, 5) is 24.8. The summed E-state index contributed by atoms with van der Waals surface area (Å²) >= 11 is 0. The first-order chi connectivity index (χ1) is 9.72. The lowest BCUT2D eigenvalue weighted by molar-refractivity contribution is -0.150. The maximum absolute atomic E-state index is 11.8. The SMILES string of the molecule is CCOC(=O)C1CCCN(Cc2cccc(C=O)c2)C1. The second-order valence-electron chi connectivity index (χ2n) is 5.19. The van der Waals surface area contributed by atoms with Gasteiger partial charge in [-0.15, -0.1) is 0 Å². The van der Waals surface area contributed by atoms with Crippen LogP contribution in [-0.2, 0) is 16.1 Å². The molecule has 2 rings (SSSR count). The van der Waals surface area contributed by atoms with Crippen molar-refractivity contribution in [3.63, 3.8) is 0 Å². The summed E-state index contributed by atoms with van der Waals surface area (Å²) in [5, 5.41) is 0. The van der Waals surface area contributed by atoms with Crippen molar-refractivity contribution in [3.05, 3.63) is 35.4 Å². The van der Waals surface area contributed by atoms with Crippen LogP contribution < -0.4 is 0 Å². The van der Waals surface area contributed by atoms with Crippen molar-refractivity contribution in [3.8, 4) is 0 Å². The first-order valence-electron chi connectivity index (χ1n) is 7.16. The van der Waals surface area contributed by atoms with Crippen molar-refractivity contribution in [1.82, 2.24) is 4.90 Å². The fraction of sp³-hybridized carbons (Fsp3) is 0.500. The molecule has 1 fully saturated rings. The zero-order valence-electron chi connectivity index (χ0n) is 11.9. The van der Waals surface area contributed by atoms with E-state index in [0.29, 0.717) is 12.2 Å². The monoisotopic (exact) mass is 275 g/mol. The molecule has 1 aliphatic rings. The molecule has 0 spiro atoms. The Hall–Kier alpha value is -1.68. The maximum Gasteiger partial charge on any atom is 0.310 e. The average molecular weight is 275 g/mol. The highest BCUT2D eigenvalue weighted by Crippen LogP contribution is 2.20. The third-order valence-corrected chi connectivity index (χ3v) is 3.62. The van der Waals surface area contributed by atoms with Crippen molar-refractivity contribution < 1.29 is 14.3 Å². The molecule has 0 amide bonds. The Morgan fingerprint density at radius 1 is 1.50 bits per heavy atom. The van der Waals surface area contributed by atoms with Crippen molar-refractivity contribution in [2.24, 2.45) is 5.92 Å². The van der Waals surface area contributed by atoms with E-state index in [1.165, 1.54) is 0 Å². The van der Waals surface area contributed by atoms with E-state index in [2.05, 4.69) is 4.90 Å². The molecular weight excluding hydrogens is 254 g/mol. The van der Waals surface area contributed by atoms with Crippen LogP contribution in [0.1, 0.15) is 35.7 Å². The number of likely N-dealkylation sites (tertiary alicyclic amines) is 1. The zero-order valence-corrected chi connectivity index (χ0v) is 11.9. The lowest BCUT2D eigenvalue weighted by Crippen LogP contribution is -2.38. The highest BCUT2D eigenvalue weighted by molar-refractivity contribution is 5.75. The Kier molecular flexibility index (Phi) is 5.30. The van der Waals surface area contributed by atoms with E-state index in [-0.39, 0.29) is 11.9 Å². The number of ether oxygens (including phenoxy) is 1. The van der Waals surface area contributed by atoms with Gasteiger partial charge in [-0.3, -0.25) is 14.5 Å². The molecule has 0 aromatic heterocycles. The minimum atomic E-state index is -0.0844. The Balaban J connectivity index is 1.95. The Bertz CT molecular complexity index is 473. The van der Waals surface area contributed by atoms with Crippen LogP contribution in [0.5, 0.6) is 0 Å². The number of hydrogen-bond acceptors (Lipinski definition) is 4. The smallest absolute Gasteiger partial charge is 0.310 e. The molecule has 0 aliphatic carbocycles. The lowest BCUT2D eigenvalue weighted by atomic mass is 9.97. The number of nitrogens with zero attached hydrogens (tertiary/aromatic N) is 1. The molecule has 4 nitrogen and oxygen atoms in total. The minimum Gasteiger partial charge on any atom is -0.466 e. The molecule has 108 valence electrons. The van der Waals surface area contributed by atoms with Crippen LogP contribution in [0, 0.1) is 5.92 Å². The first kappa shape index (κ1) is 14.7. The van der Waals surface area contributed by atoms with E-state index in [9.17, 15) is 9.59 Å². The Morgan fingerprint density at radius 2 is 2.35 bits per heavy atom. The highest BCUT2D eigenvalue weighted by atomic mass is 16.5. The van der Waals surface area contributed by atoms with Crippen LogP contribution in [-0.4, -0.2) is 36.9 Å². The van der Waals surface area contributed by atoms with E-state index in [4.69, 9.17) is 4.74 Å². The molecule has 0 radical (unpaired) electrons. The molecule has 1 unspecified atom stereocenters. The lowest BCUT2D eigenvalue weighted by Gasteiger charge is -2.31. The summed E-state index contributed by atoms with van der Waals surface area (Å²) in [6.07, 6.45) is 2.78. The van der Waals surface area contributed by atoms with Gasteiger partial charge in [0, 0.05) is 18.7 Å². The highest BCUT2D eigenvalue weighted by Gasteiger charge is 2.26. The predicted molar refractivity (Wildman–Crippen MR) is 76.5 cm³/mol. The number of benzene rings is 1. The fourth-order valence-electron chi connectivity index (χ4n) is 2.67. The average Bonchev–Trinajstić information content (AvgIpc) is 2.48. The van der Waals surface area contributed by atoms with Crippen molar-refractivity contribution in [2.45, 2.75) is 26.3 Å². The van der Waals surface area contributed by atoms with Gasteiger partial charge in [-0.05, 0) is 37.9 Å². The van der Waals surface area contributed by atoms with Gasteiger partial charge >= 0.3 is 5.97 Å². The molecule has 1 aromatic carbocycles. The fourth-order valence-corrected chi connectivity index (χ4v) is 2.67. The van der Waals surface area contributed by atoms with Crippen LogP contribution in [0.25, 0.3) is 0 Å². The largest absolute Gasteiger partial charge is 0.466 e. The van der Waals surface area contributed by atoms with Gasteiger partial charge in [0.1, 0.15) is 6.29 Å². The van der Waals surface area contributed by atoms with E-state index in [1.54, 1.807) is 6.07 Å². The van der Waals surface area contributed by atoms with Gasteiger partial charge in [0.2, 0.25) is 0 Å². The maximum atomic E-state index is 11.8. The second-order valence-corrected chi connectivity index (χ2v) is 5.19. The summed E-state index contributed by atoms with van der Waals surface area (Å²) < 4.78 is 5.10. The number of rotatable bonds is 5. The molecule has 1 aliphatic heterocycles. The van der Waals surface area contributed by atoms with Gasteiger partial charge in [0.15, 0.2) is 0 Å². The molecule has 1 aromatic rings. The zero-order chi connectivity index (χ0) is 14.4.